The van der Waals surface area contributed by atoms with Gasteiger partial charge in [0.25, 0.3) is 5.69 Å². The minimum absolute atomic E-state index is 0.171. The second-order valence-electron chi connectivity index (χ2n) is 4.90. The van der Waals surface area contributed by atoms with Crippen LogP contribution in [0.4, 0.5) is 18.9 Å². The van der Waals surface area contributed by atoms with Crippen molar-refractivity contribution < 1.29 is 47.4 Å². The molecule has 0 bridgehead atoms. The van der Waals surface area contributed by atoms with Crippen LogP contribution in [0.3, 0.4) is 0 Å². The van der Waals surface area contributed by atoms with Gasteiger partial charge in [-0.25, -0.2) is 4.79 Å². The Hall–Kier alpha value is -3.22. The molecule has 0 aromatic heterocycles. The molecule has 1 rings (SSSR count). The number of hydrogen-bond donors (Lipinski definition) is 3. The number of carboxylic acids is 2. The highest BCUT2D eigenvalue weighted by molar-refractivity contribution is 5.81. The number of hydrogen-bond acceptors (Lipinski definition) is 7. The van der Waals surface area contributed by atoms with E-state index in [0.717, 1.165) is 0 Å². The number of nitro benzene ring substituents is 1. The Morgan fingerprint density at radius 2 is 1.74 bits per heavy atom. The minimum Gasteiger partial charge on any atom is -0.480 e. The van der Waals surface area contributed by atoms with Gasteiger partial charge in [0.1, 0.15) is 12.1 Å². The average Bonchev–Trinajstić information content (AvgIpc) is 2.54. The number of rotatable bonds is 6. The number of para-hydroxylation sites is 1. The fraction of sp³-hybridized carbons (Fsp3) is 0.357. The van der Waals surface area contributed by atoms with Crippen LogP contribution in [0.2, 0.25) is 0 Å². The maximum atomic E-state index is 11.5. The Morgan fingerprint density at radius 1 is 1.26 bits per heavy atom. The number of esters is 1. The number of alkyl halides is 3. The number of carboxylic acid groups (broad SMARTS) is 2. The van der Waals surface area contributed by atoms with Crippen molar-refractivity contribution in [3.8, 4) is 0 Å². The number of benzene rings is 1. The number of carbonyl (C=O) groups excluding carboxylic acids is 1. The zero-order chi connectivity index (χ0) is 21.4. The summed E-state index contributed by atoms with van der Waals surface area (Å²) < 4.78 is 36.7. The number of ether oxygens (including phenoxy) is 1. The lowest BCUT2D eigenvalue weighted by atomic mass is 10.1. The highest BCUT2D eigenvalue weighted by Crippen LogP contribution is 2.27. The molecule has 0 aliphatic carbocycles. The van der Waals surface area contributed by atoms with Gasteiger partial charge in [0.2, 0.25) is 0 Å². The van der Waals surface area contributed by atoms with Crippen LogP contribution in [0.5, 0.6) is 0 Å². The molecular formula is C14H15F3N2O8. The summed E-state index contributed by atoms with van der Waals surface area (Å²) in [4.78, 5) is 41.2. The van der Waals surface area contributed by atoms with E-state index in [1.54, 1.807) is 6.07 Å². The van der Waals surface area contributed by atoms with Crippen LogP contribution in [-0.4, -0.2) is 45.3 Å². The Balaban J connectivity index is 0.000000821. The van der Waals surface area contributed by atoms with Crippen molar-refractivity contribution in [2.45, 2.75) is 31.7 Å². The molecule has 1 unspecified atom stereocenters. The van der Waals surface area contributed by atoms with Crippen molar-refractivity contribution in [1.82, 2.24) is 0 Å². The number of nitrogens with zero attached hydrogens (tertiary/aromatic N) is 1. The van der Waals surface area contributed by atoms with E-state index in [1.165, 1.54) is 25.1 Å². The molecule has 0 spiro atoms. The van der Waals surface area contributed by atoms with E-state index in [-0.39, 0.29) is 11.3 Å². The summed E-state index contributed by atoms with van der Waals surface area (Å²) in [6.45, 7) is 1.46. The normalized spacial score (nSPS) is 12.8. The second-order valence-corrected chi connectivity index (χ2v) is 4.90. The van der Waals surface area contributed by atoms with Crippen molar-refractivity contribution in [3.63, 3.8) is 0 Å². The number of nitro groups is 1. The van der Waals surface area contributed by atoms with E-state index in [1.807, 2.05) is 0 Å². The zero-order valence-electron chi connectivity index (χ0n) is 13.7. The van der Waals surface area contributed by atoms with Gasteiger partial charge in [-0.1, -0.05) is 12.1 Å². The fourth-order valence-electron chi connectivity index (χ4n) is 1.57. The predicted molar refractivity (Wildman–Crippen MR) is 81.5 cm³/mol. The molecule has 2 atom stereocenters. The Bertz CT molecular complexity index is 708. The predicted octanol–water partition coefficient (Wildman–Crippen LogP) is 1.63. The van der Waals surface area contributed by atoms with Crippen LogP contribution in [0.1, 0.15) is 25.0 Å². The topological polar surface area (TPSA) is 170 Å². The Morgan fingerprint density at radius 3 is 2.15 bits per heavy atom. The summed E-state index contributed by atoms with van der Waals surface area (Å²) in [6, 6.07) is 4.47. The first-order chi connectivity index (χ1) is 12.3. The zero-order valence-corrected chi connectivity index (χ0v) is 13.7. The van der Waals surface area contributed by atoms with Crippen LogP contribution in [0.15, 0.2) is 24.3 Å². The Kier molecular flexibility index (Phi) is 8.86. The van der Waals surface area contributed by atoms with Crippen LogP contribution in [0.25, 0.3) is 0 Å². The molecule has 0 aliphatic heterocycles. The Labute approximate surface area is 149 Å². The summed E-state index contributed by atoms with van der Waals surface area (Å²) in [7, 11) is 0. The highest BCUT2D eigenvalue weighted by Gasteiger charge is 2.38. The maximum Gasteiger partial charge on any atom is 0.490 e. The summed E-state index contributed by atoms with van der Waals surface area (Å²) in [5.41, 5.74) is 5.26. The quantitative estimate of drug-likeness (QED) is 0.367. The van der Waals surface area contributed by atoms with Crippen molar-refractivity contribution in [2.24, 2.45) is 5.73 Å². The third-order valence-electron chi connectivity index (χ3n) is 2.83. The second kappa shape index (κ2) is 10.1. The van der Waals surface area contributed by atoms with E-state index in [9.17, 15) is 32.9 Å². The molecule has 0 heterocycles. The van der Waals surface area contributed by atoms with Gasteiger partial charge in [-0.05, 0) is 13.0 Å². The molecular weight excluding hydrogens is 381 g/mol. The number of carbonyl (C=O) groups is 3. The van der Waals surface area contributed by atoms with Crippen molar-refractivity contribution in [2.75, 3.05) is 0 Å². The lowest BCUT2D eigenvalue weighted by Gasteiger charge is -2.14. The monoisotopic (exact) mass is 396 g/mol. The maximum absolute atomic E-state index is 11.5. The third-order valence-corrected chi connectivity index (χ3v) is 2.83. The summed E-state index contributed by atoms with van der Waals surface area (Å²) in [5, 5.41) is 26.5. The van der Waals surface area contributed by atoms with Gasteiger partial charge in [-0.15, -0.1) is 0 Å². The molecule has 13 heteroatoms. The van der Waals surface area contributed by atoms with Gasteiger partial charge in [-0.2, -0.15) is 13.2 Å². The molecule has 1 aromatic rings. The standard InChI is InChI=1S/C12H14N2O6.C2HF3O2/c1-7(20-11(15)6-9(13)12(16)17)8-4-2-3-5-10(8)14(18)19;3-2(4,5)1(6)7/h2-5,7,9H,6,13H2,1H3,(H,16,17);(H,6,7)/t7?,9-;/m0./s1. The highest BCUT2D eigenvalue weighted by atomic mass is 19.4. The SMILES string of the molecule is CC(OC(=O)C[C@H](N)C(=O)O)c1ccccc1[N+](=O)[O-].O=C(O)C(F)(F)F. The van der Waals surface area contributed by atoms with Crippen molar-refractivity contribution in [1.29, 1.82) is 0 Å². The summed E-state index contributed by atoms with van der Waals surface area (Å²) in [5.74, 6) is -4.90. The van der Waals surface area contributed by atoms with Gasteiger partial charge in [-0.3, -0.25) is 19.7 Å². The number of aliphatic carboxylic acids is 2. The average molecular weight is 396 g/mol. The molecule has 0 saturated carbocycles. The molecule has 27 heavy (non-hydrogen) atoms. The minimum atomic E-state index is -5.08. The van der Waals surface area contributed by atoms with E-state index in [4.69, 9.17) is 25.5 Å². The molecule has 4 N–H and O–H groups in total. The molecule has 0 amide bonds. The van der Waals surface area contributed by atoms with Crippen LogP contribution in [0, 0.1) is 10.1 Å². The number of halogens is 3. The first kappa shape index (κ1) is 23.8. The van der Waals surface area contributed by atoms with Crippen molar-refractivity contribution in [3.05, 3.63) is 39.9 Å². The smallest absolute Gasteiger partial charge is 0.480 e. The summed E-state index contributed by atoms with van der Waals surface area (Å²) in [6.07, 6.45) is -6.45. The van der Waals surface area contributed by atoms with Crippen LogP contribution < -0.4 is 5.73 Å². The molecule has 0 aliphatic rings. The van der Waals surface area contributed by atoms with Crippen LogP contribution >= 0.6 is 0 Å². The first-order valence-corrected chi connectivity index (χ1v) is 6.98. The van der Waals surface area contributed by atoms with Gasteiger partial charge >= 0.3 is 24.1 Å². The molecule has 0 fully saturated rings. The van der Waals surface area contributed by atoms with Gasteiger partial charge in [0.05, 0.1) is 16.9 Å². The van der Waals surface area contributed by atoms with E-state index in [0.29, 0.717) is 0 Å². The molecule has 10 nitrogen and oxygen atoms in total. The lowest BCUT2D eigenvalue weighted by Crippen LogP contribution is -2.33. The first-order valence-electron chi connectivity index (χ1n) is 6.98. The van der Waals surface area contributed by atoms with E-state index < -0.39 is 47.6 Å². The van der Waals surface area contributed by atoms with Crippen LogP contribution in [-0.2, 0) is 19.1 Å². The van der Waals surface area contributed by atoms with Gasteiger partial charge in [0.15, 0.2) is 0 Å². The fourth-order valence-corrected chi connectivity index (χ4v) is 1.57. The molecule has 150 valence electrons. The van der Waals surface area contributed by atoms with Gasteiger partial charge in [0, 0.05) is 6.07 Å². The van der Waals surface area contributed by atoms with Gasteiger partial charge < -0.3 is 20.7 Å². The van der Waals surface area contributed by atoms with E-state index in [2.05, 4.69) is 0 Å². The van der Waals surface area contributed by atoms with Crippen molar-refractivity contribution >= 4 is 23.6 Å². The molecule has 1 aromatic carbocycles. The third kappa shape index (κ3) is 8.62. The molecule has 0 saturated heterocycles. The summed E-state index contributed by atoms with van der Waals surface area (Å²) >= 11 is 0. The molecule has 0 radical (unpaired) electrons. The largest absolute Gasteiger partial charge is 0.490 e. The lowest BCUT2D eigenvalue weighted by molar-refractivity contribution is -0.386. The van der Waals surface area contributed by atoms with E-state index >= 15 is 0 Å². The number of nitrogens with two attached hydrogens (primary N) is 1.